The van der Waals surface area contributed by atoms with Crippen molar-refractivity contribution in [2.24, 2.45) is 16.8 Å². The summed E-state index contributed by atoms with van der Waals surface area (Å²) in [5.41, 5.74) is 5.34. The first-order valence-corrected chi connectivity index (χ1v) is 6.22. The minimum Gasteiger partial charge on any atom is -0.409 e. The van der Waals surface area contributed by atoms with E-state index in [-0.39, 0.29) is 17.8 Å². The normalized spacial score (nSPS) is 15.8. The lowest BCUT2D eigenvalue weighted by molar-refractivity contribution is -0.123. The summed E-state index contributed by atoms with van der Waals surface area (Å²) in [6.07, 6.45) is 2.86. The van der Waals surface area contributed by atoms with Crippen molar-refractivity contribution < 1.29 is 10.0 Å². The minimum absolute atomic E-state index is 0.0634. The van der Waals surface area contributed by atoms with Crippen molar-refractivity contribution in [3.8, 4) is 0 Å². The monoisotopic (exact) mass is 233 g/mol. The molecule has 5 nitrogen and oxygen atoms in total. The Labute approximate surface area is 94.5 Å². The molecule has 0 bridgehead atoms. The van der Waals surface area contributed by atoms with Gasteiger partial charge in [-0.15, -0.1) is 0 Å². The average molecular weight is 233 g/mol. The highest BCUT2D eigenvalue weighted by molar-refractivity contribution is 7.98. The van der Waals surface area contributed by atoms with Gasteiger partial charge in [0.1, 0.15) is 0 Å². The summed E-state index contributed by atoms with van der Waals surface area (Å²) in [6.45, 7) is 3.62. The second-order valence-electron chi connectivity index (χ2n) is 3.32. The zero-order valence-corrected chi connectivity index (χ0v) is 10.2. The van der Waals surface area contributed by atoms with Crippen LogP contribution >= 0.6 is 11.8 Å². The molecule has 88 valence electrons. The Hall–Kier alpha value is -0.910. The largest absolute Gasteiger partial charge is 0.409 e. The molecule has 0 spiro atoms. The number of nitrogens with two attached hydrogens (primary N) is 1. The maximum Gasteiger partial charge on any atom is 0.230 e. The van der Waals surface area contributed by atoms with E-state index in [9.17, 15) is 4.79 Å². The SMILES string of the molecule is CCC(CSC)NC(=O)C(C)C(N)=NO. The maximum atomic E-state index is 11.6. The number of oxime groups is 1. The Morgan fingerprint density at radius 1 is 1.67 bits per heavy atom. The zero-order valence-electron chi connectivity index (χ0n) is 9.36. The van der Waals surface area contributed by atoms with Gasteiger partial charge in [0, 0.05) is 11.8 Å². The van der Waals surface area contributed by atoms with E-state index >= 15 is 0 Å². The molecule has 0 fully saturated rings. The Bertz CT molecular complexity index is 233. The van der Waals surface area contributed by atoms with Gasteiger partial charge in [-0.2, -0.15) is 11.8 Å². The number of amides is 1. The summed E-state index contributed by atoms with van der Waals surface area (Å²) < 4.78 is 0. The smallest absolute Gasteiger partial charge is 0.230 e. The number of hydrogen-bond donors (Lipinski definition) is 3. The molecule has 0 aromatic heterocycles. The highest BCUT2D eigenvalue weighted by Crippen LogP contribution is 2.03. The highest BCUT2D eigenvalue weighted by atomic mass is 32.2. The first-order chi connectivity index (χ1) is 7.06. The molecule has 0 aliphatic carbocycles. The number of carbonyl (C=O) groups excluding carboxylic acids is 1. The van der Waals surface area contributed by atoms with Crippen LogP contribution in [0.2, 0.25) is 0 Å². The molecule has 0 aromatic rings. The van der Waals surface area contributed by atoms with Crippen LogP contribution in [0.15, 0.2) is 5.16 Å². The standard InChI is InChI=1S/C9H19N3O2S/c1-4-7(5-15-3)11-9(13)6(2)8(10)12-14/h6-7,14H,4-5H2,1-3H3,(H2,10,12)(H,11,13). The van der Waals surface area contributed by atoms with Gasteiger partial charge in [-0.1, -0.05) is 12.1 Å². The Kier molecular flexibility index (Phi) is 6.94. The van der Waals surface area contributed by atoms with Crippen LogP contribution in [0, 0.1) is 5.92 Å². The number of carbonyl (C=O) groups is 1. The molecular weight excluding hydrogens is 214 g/mol. The van der Waals surface area contributed by atoms with Gasteiger partial charge >= 0.3 is 0 Å². The van der Waals surface area contributed by atoms with Gasteiger partial charge in [0.25, 0.3) is 0 Å². The summed E-state index contributed by atoms with van der Waals surface area (Å²) in [4.78, 5) is 11.6. The fraction of sp³-hybridized carbons (Fsp3) is 0.778. The number of nitrogens with one attached hydrogen (secondary N) is 1. The molecule has 0 rings (SSSR count). The van der Waals surface area contributed by atoms with Gasteiger partial charge in [0.05, 0.1) is 5.92 Å². The van der Waals surface area contributed by atoms with E-state index in [0.29, 0.717) is 0 Å². The lowest BCUT2D eigenvalue weighted by atomic mass is 10.1. The summed E-state index contributed by atoms with van der Waals surface area (Å²) in [5.74, 6) is 0.00844. The molecule has 2 atom stereocenters. The van der Waals surface area contributed by atoms with Gasteiger partial charge in [-0.25, -0.2) is 0 Å². The molecule has 0 aromatic carbocycles. The molecule has 2 unspecified atom stereocenters. The molecule has 0 aliphatic rings. The minimum atomic E-state index is -0.592. The second-order valence-corrected chi connectivity index (χ2v) is 4.23. The first kappa shape index (κ1) is 14.1. The summed E-state index contributed by atoms with van der Waals surface area (Å²) >= 11 is 1.68. The summed E-state index contributed by atoms with van der Waals surface area (Å²) in [7, 11) is 0. The van der Waals surface area contributed by atoms with Crippen LogP contribution in [0.4, 0.5) is 0 Å². The maximum absolute atomic E-state index is 11.6. The Morgan fingerprint density at radius 3 is 2.67 bits per heavy atom. The van der Waals surface area contributed by atoms with Crippen LogP contribution in [0.1, 0.15) is 20.3 Å². The fourth-order valence-electron chi connectivity index (χ4n) is 1.01. The first-order valence-electron chi connectivity index (χ1n) is 4.83. The van der Waals surface area contributed by atoms with Crippen molar-refractivity contribution in [2.45, 2.75) is 26.3 Å². The molecule has 0 radical (unpaired) electrons. The van der Waals surface area contributed by atoms with Gasteiger partial charge < -0.3 is 16.3 Å². The van der Waals surface area contributed by atoms with Gasteiger partial charge in [0.2, 0.25) is 5.91 Å². The van der Waals surface area contributed by atoms with E-state index < -0.39 is 5.92 Å². The Balaban J connectivity index is 4.21. The van der Waals surface area contributed by atoms with Crippen LogP contribution in [-0.2, 0) is 4.79 Å². The lowest BCUT2D eigenvalue weighted by Gasteiger charge is -2.18. The molecule has 1 amide bonds. The molecule has 0 heterocycles. The predicted molar refractivity (Wildman–Crippen MR) is 63.2 cm³/mol. The molecule has 0 saturated heterocycles. The van der Waals surface area contributed by atoms with Gasteiger partial charge in [-0.3, -0.25) is 4.79 Å². The molecule has 0 saturated carbocycles. The number of nitrogens with zero attached hydrogens (tertiary/aromatic N) is 1. The summed E-state index contributed by atoms with van der Waals surface area (Å²) in [5, 5.41) is 14.1. The van der Waals surface area contributed by atoms with Gasteiger partial charge in [0.15, 0.2) is 5.84 Å². The zero-order chi connectivity index (χ0) is 11.8. The van der Waals surface area contributed by atoms with E-state index in [1.165, 1.54) is 0 Å². The number of amidine groups is 1. The van der Waals surface area contributed by atoms with Crippen LogP contribution < -0.4 is 11.1 Å². The topological polar surface area (TPSA) is 87.7 Å². The number of rotatable bonds is 6. The van der Waals surface area contributed by atoms with E-state index in [2.05, 4.69) is 10.5 Å². The highest BCUT2D eigenvalue weighted by Gasteiger charge is 2.19. The van der Waals surface area contributed by atoms with Crippen molar-refractivity contribution in [1.82, 2.24) is 5.32 Å². The second kappa shape index (κ2) is 7.39. The van der Waals surface area contributed by atoms with Crippen LogP contribution in [0.3, 0.4) is 0 Å². The quantitative estimate of drug-likeness (QED) is 0.272. The van der Waals surface area contributed by atoms with Crippen molar-refractivity contribution in [3.63, 3.8) is 0 Å². The summed E-state index contributed by atoms with van der Waals surface area (Å²) in [6, 6.07) is 0.140. The molecular formula is C9H19N3O2S. The predicted octanol–water partition coefficient (Wildman–Crippen LogP) is 0.627. The van der Waals surface area contributed by atoms with Crippen molar-refractivity contribution in [2.75, 3.05) is 12.0 Å². The third kappa shape index (κ3) is 4.92. The third-order valence-electron chi connectivity index (χ3n) is 2.16. The van der Waals surface area contributed by atoms with Crippen molar-refractivity contribution in [3.05, 3.63) is 0 Å². The van der Waals surface area contributed by atoms with E-state index in [4.69, 9.17) is 10.9 Å². The lowest BCUT2D eigenvalue weighted by Crippen LogP contribution is -2.43. The van der Waals surface area contributed by atoms with Gasteiger partial charge in [-0.05, 0) is 19.6 Å². The molecule has 4 N–H and O–H groups in total. The number of hydrogen-bond acceptors (Lipinski definition) is 4. The van der Waals surface area contributed by atoms with Crippen molar-refractivity contribution >= 4 is 23.5 Å². The average Bonchev–Trinajstić information content (AvgIpc) is 2.26. The van der Waals surface area contributed by atoms with Crippen LogP contribution in [0.5, 0.6) is 0 Å². The third-order valence-corrected chi connectivity index (χ3v) is 2.90. The molecule has 0 aliphatic heterocycles. The van der Waals surface area contributed by atoms with Crippen LogP contribution in [-0.4, -0.2) is 35.0 Å². The number of thioether (sulfide) groups is 1. The fourth-order valence-corrected chi connectivity index (χ4v) is 1.73. The Morgan fingerprint density at radius 2 is 2.27 bits per heavy atom. The van der Waals surface area contributed by atoms with E-state index in [1.807, 2.05) is 13.2 Å². The van der Waals surface area contributed by atoms with Crippen LogP contribution in [0.25, 0.3) is 0 Å². The molecule has 6 heteroatoms. The van der Waals surface area contributed by atoms with E-state index in [0.717, 1.165) is 12.2 Å². The molecule has 15 heavy (non-hydrogen) atoms. The van der Waals surface area contributed by atoms with E-state index in [1.54, 1.807) is 18.7 Å². The van der Waals surface area contributed by atoms with Crippen molar-refractivity contribution in [1.29, 1.82) is 0 Å².